The van der Waals surface area contributed by atoms with Crippen molar-refractivity contribution in [3.05, 3.63) is 35.4 Å². The van der Waals surface area contributed by atoms with Crippen molar-refractivity contribution in [3.63, 3.8) is 0 Å². The van der Waals surface area contributed by atoms with Gasteiger partial charge in [-0.05, 0) is 61.4 Å². The van der Waals surface area contributed by atoms with Gasteiger partial charge in [-0.3, -0.25) is 4.79 Å². The predicted molar refractivity (Wildman–Crippen MR) is 93.4 cm³/mol. The molecule has 3 aliphatic heterocycles. The van der Waals surface area contributed by atoms with Gasteiger partial charge in [0.15, 0.2) is 0 Å². The van der Waals surface area contributed by atoms with Crippen LogP contribution in [0.5, 0.6) is 0 Å². The Morgan fingerprint density at radius 2 is 1.88 bits per heavy atom. The quantitative estimate of drug-likeness (QED) is 0.824. The van der Waals surface area contributed by atoms with E-state index < -0.39 is 11.6 Å². The monoisotopic (exact) mass is 364 g/mol. The van der Waals surface area contributed by atoms with Crippen LogP contribution >= 0.6 is 0 Å². The molecule has 3 aliphatic rings. The molecule has 4 rings (SSSR count). The topological polar surface area (TPSA) is 32.8 Å². The smallest absolute Gasteiger partial charge is 0.223 e. The summed E-state index contributed by atoms with van der Waals surface area (Å²) in [7, 11) is 0. The number of carbonyl (C=O) groups excluding carboxylic acids is 1. The summed E-state index contributed by atoms with van der Waals surface area (Å²) >= 11 is 0. The van der Waals surface area contributed by atoms with E-state index in [1.807, 2.05) is 0 Å². The van der Waals surface area contributed by atoms with E-state index in [1.165, 1.54) is 12.1 Å². The van der Waals surface area contributed by atoms with Crippen molar-refractivity contribution in [1.29, 1.82) is 0 Å². The van der Waals surface area contributed by atoms with E-state index in [4.69, 9.17) is 4.74 Å². The number of benzene rings is 1. The van der Waals surface area contributed by atoms with Gasteiger partial charge < -0.3 is 14.5 Å². The first-order valence-corrected chi connectivity index (χ1v) is 9.54. The molecule has 3 heterocycles. The molecule has 3 saturated heterocycles. The van der Waals surface area contributed by atoms with Crippen LogP contribution < -0.4 is 0 Å². The van der Waals surface area contributed by atoms with Crippen molar-refractivity contribution < 1.29 is 18.3 Å². The van der Waals surface area contributed by atoms with Crippen molar-refractivity contribution in [2.24, 2.45) is 11.3 Å². The minimum absolute atomic E-state index is 0.0334. The molecule has 6 heteroatoms. The number of ether oxygens (including phenoxy) is 1. The van der Waals surface area contributed by atoms with Gasteiger partial charge in [0, 0.05) is 38.7 Å². The van der Waals surface area contributed by atoms with Crippen molar-refractivity contribution in [2.45, 2.75) is 32.2 Å². The SMILES string of the molecule is O=C1CC2(CCN(C[C@@H]3CCOC3)CC2)CN1Cc1cc(F)cc(F)c1. The number of halogens is 2. The molecule has 1 aromatic rings. The van der Waals surface area contributed by atoms with Gasteiger partial charge in [0.2, 0.25) is 5.91 Å². The highest BCUT2D eigenvalue weighted by atomic mass is 19.1. The third-order valence-corrected chi connectivity index (χ3v) is 6.16. The maximum Gasteiger partial charge on any atom is 0.223 e. The highest BCUT2D eigenvalue weighted by Gasteiger charge is 2.44. The molecule has 0 unspecified atom stereocenters. The van der Waals surface area contributed by atoms with E-state index in [2.05, 4.69) is 4.90 Å². The first kappa shape index (κ1) is 17.9. The average Bonchev–Trinajstić information content (AvgIpc) is 3.18. The Morgan fingerprint density at radius 1 is 1.15 bits per heavy atom. The third-order valence-electron chi connectivity index (χ3n) is 6.16. The van der Waals surface area contributed by atoms with Gasteiger partial charge >= 0.3 is 0 Å². The van der Waals surface area contributed by atoms with E-state index in [0.717, 1.165) is 58.2 Å². The standard InChI is InChI=1S/C20H26F2N2O2/c21-17-7-16(8-18(22)9-17)12-24-14-20(10-19(24)25)2-4-23(5-3-20)11-15-1-6-26-13-15/h7-9,15H,1-6,10-14H2/t15-/m0/s1. The Balaban J connectivity index is 1.34. The molecule has 0 bridgehead atoms. The zero-order chi connectivity index (χ0) is 18.1. The number of hydrogen-bond acceptors (Lipinski definition) is 3. The van der Waals surface area contributed by atoms with Crippen LogP contribution in [0.15, 0.2) is 18.2 Å². The number of rotatable bonds is 4. The normalized spacial score (nSPS) is 26.2. The molecule has 4 nitrogen and oxygen atoms in total. The molecular weight excluding hydrogens is 338 g/mol. The van der Waals surface area contributed by atoms with Crippen molar-refractivity contribution in [3.8, 4) is 0 Å². The maximum atomic E-state index is 13.4. The lowest BCUT2D eigenvalue weighted by molar-refractivity contribution is -0.128. The Bertz CT molecular complexity index is 648. The summed E-state index contributed by atoms with van der Waals surface area (Å²) < 4.78 is 32.3. The zero-order valence-corrected chi connectivity index (χ0v) is 15.1. The Labute approximate surface area is 153 Å². The van der Waals surface area contributed by atoms with Crippen molar-refractivity contribution in [1.82, 2.24) is 9.80 Å². The number of amides is 1. The molecule has 0 radical (unpaired) electrons. The fraction of sp³-hybridized carbons (Fsp3) is 0.650. The van der Waals surface area contributed by atoms with E-state index in [-0.39, 0.29) is 11.3 Å². The summed E-state index contributed by atoms with van der Waals surface area (Å²) in [6, 6.07) is 3.49. The maximum absolute atomic E-state index is 13.4. The molecule has 1 spiro atoms. The predicted octanol–water partition coefficient (Wildman–Crippen LogP) is 2.82. The average molecular weight is 364 g/mol. The van der Waals surface area contributed by atoms with Gasteiger partial charge in [-0.2, -0.15) is 0 Å². The molecule has 142 valence electrons. The number of carbonyl (C=O) groups is 1. The minimum atomic E-state index is -0.592. The summed E-state index contributed by atoms with van der Waals surface area (Å²) in [6.45, 7) is 5.88. The van der Waals surface area contributed by atoms with Gasteiger partial charge in [0.1, 0.15) is 11.6 Å². The third kappa shape index (κ3) is 3.91. The Morgan fingerprint density at radius 3 is 2.54 bits per heavy atom. The molecule has 26 heavy (non-hydrogen) atoms. The van der Waals surface area contributed by atoms with Crippen LogP contribution in [0.4, 0.5) is 8.78 Å². The first-order chi connectivity index (χ1) is 12.5. The van der Waals surface area contributed by atoms with Crippen LogP contribution in [0.2, 0.25) is 0 Å². The van der Waals surface area contributed by atoms with Gasteiger partial charge in [0.25, 0.3) is 0 Å². The van der Waals surface area contributed by atoms with Crippen LogP contribution in [0, 0.1) is 23.0 Å². The molecule has 0 aromatic heterocycles. The Kier molecular flexibility index (Phi) is 4.97. The molecular formula is C20H26F2N2O2. The van der Waals surface area contributed by atoms with Crippen molar-refractivity contribution >= 4 is 5.91 Å². The minimum Gasteiger partial charge on any atom is -0.381 e. The lowest BCUT2D eigenvalue weighted by Crippen LogP contribution is -2.43. The largest absolute Gasteiger partial charge is 0.381 e. The van der Waals surface area contributed by atoms with Crippen molar-refractivity contribution in [2.75, 3.05) is 39.4 Å². The number of likely N-dealkylation sites (tertiary alicyclic amines) is 2. The number of nitrogens with zero attached hydrogens (tertiary/aromatic N) is 2. The lowest BCUT2D eigenvalue weighted by Gasteiger charge is -2.39. The summed E-state index contributed by atoms with van der Waals surface area (Å²) in [5.41, 5.74) is 0.553. The highest BCUT2D eigenvalue weighted by molar-refractivity contribution is 5.79. The van der Waals surface area contributed by atoms with Gasteiger partial charge in [0.05, 0.1) is 6.61 Å². The summed E-state index contributed by atoms with van der Waals surface area (Å²) in [4.78, 5) is 16.8. The van der Waals surface area contributed by atoms with Crippen LogP contribution in [0.25, 0.3) is 0 Å². The fourth-order valence-corrected chi connectivity index (χ4v) is 4.69. The second-order valence-electron chi connectivity index (χ2n) is 8.23. The first-order valence-electron chi connectivity index (χ1n) is 9.54. The molecule has 1 aromatic carbocycles. The van der Waals surface area contributed by atoms with Crippen LogP contribution in [-0.2, 0) is 16.1 Å². The van der Waals surface area contributed by atoms with Gasteiger partial charge in [-0.1, -0.05) is 0 Å². The molecule has 1 atom stereocenters. The number of hydrogen-bond donors (Lipinski definition) is 0. The summed E-state index contributed by atoms with van der Waals surface area (Å²) in [6.07, 6.45) is 3.74. The second-order valence-corrected chi connectivity index (χ2v) is 8.23. The molecule has 3 fully saturated rings. The number of piperidine rings is 1. The van der Waals surface area contributed by atoms with Crippen LogP contribution in [-0.4, -0.2) is 55.1 Å². The second kappa shape index (κ2) is 7.24. The van der Waals surface area contributed by atoms with Gasteiger partial charge in [-0.15, -0.1) is 0 Å². The molecule has 1 amide bonds. The summed E-state index contributed by atoms with van der Waals surface area (Å²) in [5.74, 6) is -0.433. The highest BCUT2D eigenvalue weighted by Crippen LogP contribution is 2.41. The van der Waals surface area contributed by atoms with E-state index in [1.54, 1.807) is 4.90 Å². The fourth-order valence-electron chi connectivity index (χ4n) is 4.69. The Hall–Kier alpha value is -1.53. The van der Waals surface area contributed by atoms with E-state index in [9.17, 15) is 13.6 Å². The van der Waals surface area contributed by atoms with Crippen LogP contribution in [0.1, 0.15) is 31.2 Å². The molecule has 0 N–H and O–H groups in total. The molecule has 0 aliphatic carbocycles. The van der Waals surface area contributed by atoms with Gasteiger partial charge in [-0.25, -0.2) is 8.78 Å². The summed E-state index contributed by atoms with van der Waals surface area (Å²) in [5, 5.41) is 0. The molecule has 0 saturated carbocycles. The van der Waals surface area contributed by atoms with Crippen LogP contribution in [0.3, 0.4) is 0 Å². The van der Waals surface area contributed by atoms with E-state index in [0.29, 0.717) is 31.0 Å². The lowest BCUT2D eigenvalue weighted by atomic mass is 9.77. The van der Waals surface area contributed by atoms with E-state index >= 15 is 0 Å². The zero-order valence-electron chi connectivity index (χ0n) is 15.1.